The lowest BCUT2D eigenvalue weighted by Gasteiger charge is -2.08. The Balaban J connectivity index is 1.42. The summed E-state index contributed by atoms with van der Waals surface area (Å²) in [6, 6.07) is 19.8. The maximum atomic E-state index is 12.9. The van der Waals surface area contributed by atoms with E-state index in [1.807, 2.05) is 24.3 Å². The molecule has 4 aromatic rings. The van der Waals surface area contributed by atoms with Crippen molar-refractivity contribution in [1.82, 2.24) is 10.1 Å². The zero-order valence-electron chi connectivity index (χ0n) is 16.5. The maximum Gasteiger partial charge on any atom is 0.262 e. The molecule has 1 N–H and O–H groups in total. The van der Waals surface area contributed by atoms with Gasteiger partial charge in [-0.05, 0) is 54.6 Å². The van der Waals surface area contributed by atoms with Gasteiger partial charge in [-0.2, -0.15) is 4.98 Å². The number of carbonyl (C=O) groups is 1. The molecule has 1 amide bonds. The molecular weight excluding hydrogens is 401 g/mol. The lowest BCUT2D eigenvalue weighted by atomic mass is 10.2. The average molecular weight is 419 g/mol. The van der Waals surface area contributed by atoms with Gasteiger partial charge in [0.25, 0.3) is 11.8 Å². The zero-order chi connectivity index (χ0) is 21.6. The van der Waals surface area contributed by atoms with Gasteiger partial charge in [-0.25, -0.2) is 4.39 Å². The van der Waals surface area contributed by atoms with Gasteiger partial charge in [-0.3, -0.25) is 4.79 Å². The fourth-order valence-electron chi connectivity index (χ4n) is 2.82. The molecule has 0 unspecified atom stereocenters. The lowest BCUT2D eigenvalue weighted by Crippen LogP contribution is -2.20. The molecule has 4 rings (SSSR count). The van der Waals surface area contributed by atoms with Gasteiger partial charge in [0.2, 0.25) is 5.82 Å². The van der Waals surface area contributed by atoms with Crippen LogP contribution in [0.4, 0.5) is 10.1 Å². The largest absolute Gasteiger partial charge is 0.497 e. The van der Waals surface area contributed by atoms with Gasteiger partial charge in [-0.1, -0.05) is 23.4 Å². The maximum absolute atomic E-state index is 12.9. The van der Waals surface area contributed by atoms with Gasteiger partial charge in [0.1, 0.15) is 17.3 Å². The zero-order valence-corrected chi connectivity index (χ0v) is 16.5. The fraction of sp³-hybridized carbons (Fsp3) is 0.0870. The Kier molecular flexibility index (Phi) is 5.89. The number of benzene rings is 3. The molecule has 7 nitrogen and oxygen atoms in total. The van der Waals surface area contributed by atoms with Crippen molar-refractivity contribution in [1.29, 1.82) is 0 Å². The predicted octanol–water partition coefficient (Wildman–Crippen LogP) is 4.57. The van der Waals surface area contributed by atoms with Gasteiger partial charge in [0.05, 0.1) is 7.11 Å². The van der Waals surface area contributed by atoms with Crippen molar-refractivity contribution in [3.05, 3.63) is 78.6 Å². The van der Waals surface area contributed by atoms with Gasteiger partial charge in [-0.15, -0.1) is 0 Å². The van der Waals surface area contributed by atoms with E-state index in [2.05, 4.69) is 15.5 Å². The molecule has 0 radical (unpaired) electrons. The highest BCUT2D eigenvalue weighted by Crippen LogP contribution is 2.26. The minimum absolute atomic E-state index is 0.206. The van der Waals surface area contributed by atoms with Crippen LogP contribution >= 0.6 is 0 Å². The molecule has 8 heteroatoms. The van der Waals surface area contributed by atoms with Crippen LogP contribution < -0.4 is 14.8 Å². The van der Waals surface area contributed by atoms with Crippen LogP contribution in [0.1, 0.15) is 0 Å². The number of hydrogen-bond acceptors (Lipinski definition) is 6. The summed E-state index contributed by atoms with van der Waals surface area (Å²) in [6.07, 6.45) is 0. The van der Waals surface area contributed by atoms with Gasteiger partial charge in [0, 0.05) is 16.8 Å². The van der Waals surface area contributed by atoms with Crippen molar-refractivity contribution in [3.8, 4) is 34.3 Å². The number of anilines is 1. The predicted molar refractivity (Wildman–Crippen MR) is 112 cm³/mol. The van der Waals surface area contributed by atoms with Gasteiger partial charge in [0.15, 0.2) is 6.61 Å². The van der Waals surface area contributed by atoms with Crippen LogP contribution in [0.2, 0.25) is 0 Å². The number of aromatic nitrogens is 2. The van der Waals surface area contributed by atoms with Crippen LogP contribution in [-0.4, -0.2) is 29.8 Å². The molecule has 0 spiro atoms. The number of ether oxygens (including phenoxy) is 2. The Morgan fingerprint density at radius 3 is 2.48 bits per heavy atom. The molecule has 0 atom stereocenters. The first-order valence-corrected chi connectivity index (χ1v) is 9.37. The smallest absolute Gasteiger partial charge is 0.262 e. The summed E-state index contributed by atoms with van der Waals surface area (Å²) in [5, 5.41) is 6.66. The van der Waals surface area contributed by atoms with Crippen LogP contribution in [0.5, 0.6) is 11.5 Å². The highest BCUT2D eigenvalue weighted by atomic mass is 19.1. The lowest BCUT2D eigenvalue weighted by molar-refractivity contribution is -0.118. The molecule has 1 heterocycles. The molecule has 0 fully saturated rings. The molecule has 0 saturated carbocycles. The minimum Gasteiger partial charge on any atom is -0.497 e. The Labute approximate surface area is 177 Å². The summed E-state index contributed by atoms with van der Waals surface area (Å²) >= 11 is 0. The van der Waals surface area contributed by atoms with Crippen LogP contribution in [0.15, 0.2) is 77.3 Å². The van der Waals surface area contributed by atoms with Crippen molar-refractivity contribution < 1.29 is 23.2 Å². The summed E-state index contributed by atoms with van der Waals surface area (Å²) in [5.41, 5.74) is 1.90. The Morgan fingerprint density at radius 1 is 1.00 bits per heavy atom. The number of nitrogens with zero attached hydrogens (tertiary/aromatic N) is 2. The normalized spacial score (nSPS) is 10.5. The second-order valence-electron chi connectivity index (χ2n) is 6.53. The third-order valence-corrected chi connectivity index (χ3v) is 4.33. The number of rotatable bonds is 7. The molecule has 0 saturated heterocycles. The summed E-state index contributed by atoms with van der Waals surface area (Å²) < 4.78 is 29.1. The average Bonchev–Trinajstić information content (AvgIpc) is 3.30. The van der Waals surface area contributed by atoms with Crippen LogP contribution in [0.3, 0.4) is 0 Å². The molecule has 31 heavy (non-hydrogen) atoms. The molecule has 0 bridgehead atoms. The first kappa shape index (κ1) is 20.1. The molecular formula is C23H18FN3O4. The number of amides is 1. The number of halogens is 1. The van der Waals surface area contributed by atoms with E-state index in [0.29, 0.717) is 34.5 Å². The summed E-state index contributed by atoms with van der Waals surface area (Å²) in [5.74, 6) is 1.17. The topological polar surface area (TPSA) is 86.5 Å². The molecule has 1 aromatic heterocycles. The summed E-state index contributed by atoms with van der Waals surface area (Å²) in [6.45, 7) is -0.206. The van der Waals surface area contributed by atoms with Crippen molar-refractivity contribution >= 4 is 11.6 Å². The standard InChI is InChI=1S/C23H18FN3O4/c1-29-19-6-3-5-16(13-19)23-26-22(27-31-23)15-4-2-7-20(12-15)30-14-21(28)25-18-10-8-17(24)9-11-18/h2-13H,14H2,1H3,(H,25,28). The highest BCUT2D eigenvalue weighted by molar-refractivity contribution is 5.91. The molecule has 3 aromatic carbocycles. The van der Waals surface area contributed by atoms with E-state index < -0.39 is 0 Å². The first-order valence-electron chi connectivity index (χ1n) is 9.37. The molecule has 0 aliphatic heterocycles. The SMILES string of the molecule is COc1cccc(-c2nc(-c3cccc(OCC(=O)Nc4ccc(F)cc4)c3)no2)c1. The van der Waals surface area contributed by atoms with E-state index >= 15 is 0 Å². The quantitative estimate of drug-likeness (QED) is 0.472. The van der Waals surface area contributed by atoms with Gasteiger partial charge >= 0.3 is 0 Å². The highest BCUT2D eigenvalue weighted by Gasteiger charge is 2.12. The fourth-order valence-corrected chi connectivity index (χ4v) is 2.82. The van der Waals surface area contributed by atoms with E-state index in [9.17, 15) is 9.18 Å². The number of nitrogens with one attached hydrogen (secondary N) is 1. The Hall–Kier alpha value is -4.20. The minimum atomic E-state index is -0.373. The van der Waals surface area contributed by atoms with E-state index in [4.69, 9.17) is 14.0 Å². The van der Waals surface area contributed by atoms with Crippen LogP contribution in [0, 0.1) is 5.82 Å². The van der Waals surface area contributed by atoms with E-state index in [1.54, 1.807) is 31.4 Å². The van der Waals surface area contributed by atoms with Crippen LogP contribution in [-0.2, 0) is 4.79 Å². The molecule has 0 aliphatic carbocycles. The summed E-state index contributed by atoms with van der Waals surface area (Å²) in [7, 11) is 1.59. The first-order chi connectivity index (χ1) is 15.1. The second kappa shape index (κ2) is 9.08. The Morgan fingerprint density at radius 2 is 1.71 bits per heavy atom. The molecule has 0 aliphatic rings. The van der Waals surface area contributed by atoms with Crippen molar-refractivity contribution in [3.63, 3.8) is 0 Å². The monoisotopic (exact) mass is 419 g/mol. The molecule has 156 valence electrons. The number of methoxy groups -OCH3 is 1. The van der Waals surface area contributed by atoms with Crippen molar-refractivity contribution in [2.45, 2.75) is 0 Å². The van der Waals surface area contributed by atoms with Gasteiger partial charge < -0.3 is 19.3 Å². The van der Waals surface area contributed by atoms with E-state index in [0.717, 1.165) is 5.56 Å². The number of hydrogen-bond donors (Lipinski definition) is 1. The summed E-state index contributed by atoms with van der Waals surface area (Å²) in [4.78, 5) is 16.5. The third-order valence-electron chi connectivity index (χ3n) is 4.33. The third kappa shape index (κ3) is 5.05. The van der Waals surface area contributed by atoms with Crippen molar-refractivity contribution in [2.24, 2.45) is 0 Å². The second-order valence-corrected chi connectivity index (χ2v) is 6.53. The van der Waals surface area contributed by atoms with E-state index in [1.165, 1.54) is 24.3 Å². The van der Waals surface area contributed by atoms with Crippen molar-refractivity contribution in [2.75, 3.05) is 19.0 Å². The Bertz CT molecular complexity index is 1190. The number of carbonyl (C=O) groups excluding carboxylic acids is 1. The van der Waals surface area contributed by atoms with E-state index in [-0.39, 0.29) is 18.3 Å². The van der Waals surface area contributed by atoms with Crippen LogP contribution in [0.25, 0.3) is 22.8 Å².